The first kappa shape index (κ1) is 10.7. The summed E-state index contributed by atoms with van der Waals surface area (Å²) in [5.41, 5.74) is 0.997. The third kappa shape index (κ3) is 1.67. The molecule has 0 radical (unpaired) electrons. The van der Waals surface area contributed by atoms with Crippen molar-refractivity contribution in [3.8, 4) is 5.82 Å². The molecule has 5 heteroatoms. The lowest BCUT2D eigenvalue weighted by molar-refractivity contribution is 0.0688. The van der Waals surface area contributed by atoms with Crippen LogP contribution in [0.25, 0.3) is 5.82 Å². The zero-order chi connectivity index (χ0) is 11.7. The number of halogens is 1. The Labute approximate surface area is 97.1 Å². The third-order valence-corrected chi connectivity index (χ3v) is 2.73. The van der Waals surface area contributed by atoms with Crippen LogP contribution in [0.3, 0.4) is 0 Å². The Morgan fingerprint density at radius 3 is 2.94 bits per heavy atom. The van der Waals surface area contributed by atoms with Crippen LogP contribution >= 0.6 is 11.6 Å². The first-order chi connectivity index (χ1) is 7.61. The SMILES string of the molecule is Cc1ccnc(-n2cccc2C(=O)O)c1Cl. The molecule has 0 aliphatic heterocycles. The minimum atomic E-state index is -1.01. The lowest BCUT2D eigenvalue weighted by Gasteiger charge is -2.08. The topological polar surface area (TPSA) is 55.1 Å². The molecule has 0 amide bonds. The predicted molar refractivity (Wildman–Crippen MR) is 60.3 cm³/mol. The number of carboxylic acids is 1. The van der Waals surface area contributed by atoms with Gasteiger partial charge in [-0.2, -0.15) is 0 Å². The highest BCUT2D eigenvalue weighted by Crippen LogP contribution is 2.23. The van der Waals surface area contributed by atoms with E-state index in [0.717, 1.165) is 5.56 Å². The van der Waals surface area contributed by atoms with Crippen molar-refractivity contribution < 1.29 is 9.90 Å². The largest absolute Gasteiger partial charge is 0.477 e. The Bertz CT molecular complexity index is 549. The van der Waals surface area contributed by atoms with Crippen molar-refractivity contribution in [2.75, 3.05) is 0 Å². The summed E-state index contributed by atoms with van der Waals surface area (Å²) in [4.78, 5) is 15.1. The molecule has 2 rings (SSSR count). The number of nitrogens with zero attached hydrogens (tertiary/aromatic N) is 2. The molecule has 0 atom stereocenters. The maximum absolute atomic E-state index is 11.0. The van der Waals surface area contributed by atoms with Crippen LogP contribution < -0.4 is 0 Å². The van der Waals surface area contributed by atoms with Gasteiger partial charge in [-0.25, -0.2) is 9.78 Å². The fraction of sp³-hybridized carbons (Fsp3) is 0.0909. The summed E-state index contributed by atoms with van der Waals surface area (Å²) in [5.74, 6) is -0.576. The van der Waals surface area contributed by atoms with Gasteiger partial charge in [-0.15, -0.1) is 0 Å². The zero-order valence-corrected chi connectivity index (χ0v) is 9.27. The highest BCUT2D eigenvalue weighted by Gasteiger charge is 2.14. The monoisotopic (exact) mass is 236 g/mol. The van der Waals surface area contributed by atoms with Gasteiger partial charge >= 0.3 is 5.97 Å². The Hall–Kier alpha value is -1.81. The van der Waals surface area contributed by atoms with E-state index in [4.69, 9.17) is 16.7 Å². The molecule has 0 fully saturated rings. The predicted octanol–water partition coefficient (Wildman–Crippen LogP) is 2.53. The standard InChI is InChI=1S/C11H9ClN2O2/c1-7-4-5-13-10(9(7)12)14-6-2-3-8(14)11(15)16/h2-6H,1H3,(H,15,16). The first-order valence-corrected chi connectivity index (χ1v) is 5.01. The van der Waals surface area contributed by atoms with E-state index < -0.39 is 5.97 Å². The van der Waals surface area contributed by atoms with Crippen LogP contribution in [0.15, 0.2) is 30.6 Å². The van der Waals surface area contributed by atoms with E-state index in [1.807, 2.05) is 6.92 Å². The van der Waals surface area contributed by atoms with Gasteiger partial charge in [0.1, 0.15) is 5.69 Å². The number of aromatic nitrogens is 2. The fourth-order valence-electron chi connectivity index (χ4n) is 1.43. The minimum Gasteiger partial charge on any atom is -0.477 e. The molecule has 0 aliphatic rings. The minimum absolute atomic E-state index is 0.139. The summed E-state index contributed by atoms with van der Waals surface area (Å²) in [6.45, 7) is 1.84. The molecule has 0 unspecified atom stereocenters. The van der Waals surface area contributed by atoms with E-state index in [9.17, 15) is 4.79 Å². The average molecular weight is 237 g/mol. The maximum atomic E-state index is 11.0. The quantitative estimate of drug-likeness (QED) is 0.872. The van der Waals surface area contributed by atoms with Gasteiger partial charge in [-0.1, -0.05) is 11.6 Å². The third-order valence-electron chi connectivity index (χ3n) is 2.26. The van der Waals surface area contributed by atoms with Crippen molar-refractivity contribution in [2.24, 2.45) is 0 Å². The molecule has 0 aromatic carbocycles. The Balaban J connectivity index is 2.63. The van der Waals surface area contributed by atoms with Crippen molar-refractivity contribution >= 4 is 17.6 Å². The van der Waals surface area contributed by atoms with Crippen molar-refractivity contribution in [3.05, 3.63) is 46.9 Å². The number of carboxylic acid groups (broad SMARTS) is 1. The second-order valence-corrected chi connectivity index (χ2v) is 3.71. The number of hydrogen-bond donors (Lipinski definition) is 1. The van der Waals surface area contributed by atoms with Crippen LogP contribution in [0.4, 0.5) is 0 Å². The Morgan fingerprint density at radius 2 is 2.25 bits per heavy atom. The summed E-state index contributed by atoms with van der Waals surface area (Å²) in [6.07, 6.45) is 3.22. The van der Waals surface area contributed by atoms with Gasteiger partial charge in [0.05, 0.1) is 5.02 Å². The Kier molecular flexibility index (Phi) is 2.66. The number of hydrogen-bond acceptors (Lipinski definition) is 2. The molecule has 0 saturated carbocycles. The summed E-state index contributed by atoms with van der Waals surface area (Å²) < 4.78 is 1.46. The zero-order valence-electron chi connectivity index (χ0n) is 8.51. The maximum Gasteiger partial charge on any atom is 0.352 e. The number of carbonyl (C=O) groups is 1. The molecule has 82 valence electrons. The van der Waals surface area contributed by atoms with Gasteiger partial charge in [-0.05, 0) is 30.7 Å². The molecule has 2 aromatic heterocycles. The second-order valence-electron chi connectivity index (χ2n) is 3.33. The molecule has 0 spiro atoms. The molecule has 0 bridgehead atoms. The van der Waals surface area contributed by atoms with E-state index in [0.29, 0.717) is 10.8 Å². The molecule has 2 heterocycles. The van der Waals surface area contributed by atoms with Gasteiger partial charge in [0.15, 0.2) is 5.82 Å². The number of pyridine rings is 1. The Morgan fingerprint density at radius 1 is 1.50 bits per heavy atom. The molecular formula is C11H9ClN2O2. The van der Waals surface area contributed by atoms with Crippen LogP contribution in [0.2, 0.25) is 5.02 Å². The van der Waals surface area contributed by atoms with Gasteiger partial charge in [0.25, 0.3) is 0 Å². The lowest BCUT2D eigenvalue weighted by atomic mass is 10.3. The number of aromatic carboxylic acids is 1. The van der Waals surface area contributed by atoms with E-state index in [1.165, 1.54) is 10.6 Å². The lowest BCUT2D eigenvalue weighted by Crippen LogP contribution is -2.07. The van der Waals surface area contributed by atoms with E-state index >= 15 is 0 Å². The molecule has 4 nitrogen and oxygen atoms in total. The van der Waals surface area contributed by atoms with Crippen molar-refractivity contribution in [1.82, 2.24) is 9.55 Å². The molecule has 0 aliphatic carbocycles. The molecule has 0 saturated heterocycles. The summed E-state index contributed by atoms with van der Waals surface area (Å²) in [6, 6.07) is 4.92. The fourth-order valence-corrected chi connectivity index (χ4v) is 1.64. The summed E-state index contributed by atoms with van der Waals surface area (Å²) in [5, 5.41) is 9.44. The van der Waals surface area contributed by atoms with Crippen molar-refractivity contribution in [2.45, 2.75) is 6.92 Å². The van der Waals surface area contributed by atoms with E-state index in [-0.39, 0.29) is 5.69 Å². The van der Waals surface area contributed by atoms with Gasteiger partial charge in [-0.3, -0.25) is 4.57 Å². The van der Waals surface area contributed by atoms with Gasteiger partial charge < -0.3 is 5.11 Å². The summed E-state index contributed by atoms with van der Waals surface area (Å²) in [7, 11) is 0. The smallest absolute Gasteiger partial charge is 0.352 e. The first-order valence-electron chi connectivity index (χ1n) is 4.63. The molecule has 2 aromatic rings. The molecular weight excluding hydrogens is 228 g/mol. The highest BCUT2D eigenvalue weighted by molar-refractivity contribution is 6.32. The summed E-state index contributed by atoms with van der Waals surface area (Å²) >= 11 is 6.09. The van der Waals surface area contributed by atoms with E-state index in [1.54, 1.807) is 24.5 Å². The van der Waals surface area contributed by atoms with Crippen molar-refractivity contribution in [1.29, 1.82) is 0 Å². The number of rotatable bonds is 2. The van der Waals surface area contributed by atoms with Gasteiger partial charge in [0, 0.05) is 12.4 Å². The molecule has 1 N–H and O–H groups in total. The number of aryl methyl sites for hydroxylation is 1. The van der Waals surface area contributed by atoms with Crippen LogP contribution in [-0.2, 0) is 0 Å². The van der Waals surface area contributed by atoms with Crippen LogP contribution in [0.5, 0.6) is 0 Å². The average Bonchev–Trinajstić information content (AvgIpc) is 2.70. The van der Waals surface area contributed by atoms with Crippen LogP contribution in [0, 0.1) is 6.92 Å². The highest BCUT2D eigenvalue weighted by atomic mass is 35.5. The van der Waals surface area contributed by atoms with E-state index in [2.05, 4.69) is 4.98 Å². The molecule has 16 heavy (non-hydrogen) atoms. The second kappa shape index (κ2) is 3.98. The normalized spacial score (nSPS) is 10.4. The van der Waals surface area contributed by atoms with Crippen molar-refractivity contribution in [3.63, 3.8) is 0 Å². The van der Waals surface area contributed by atoms with Crippen LogP contribution in [-0.4, -0.2) is 20.6 Å². The van der Waals surface area contributed by atoms with Gasteiger partial charge in [0.2, 0.25) is 0 Å². The van der Waals surface area contributed by atoms with Crippen LogP contribution in [0.1, 0.15) is 16.1 Å².